The second-order valence-electron chi connectivity index (χ2n) is 5.44. The van der Waals surface area contributed by atoms with E-state index in [0.717, 1.165) is 23.7 Å². The lowest BCUT2D eigenvalue weighted by Gasteiger charge is -2.28. The molecule has 1 fully saturated rings. The summed E-state index contributed by atoms with van der Waals surface area (Å²) in [5.41, 5.74) is 3.18. The molecular weight excluding hydrogens is 236 g/mol. The van der Waals surface area contributed by atoms with Gasteiger partial charge in [0.15, 0.2) is 0 Å². The Morgan fingerprint density at radius 2 is 2.11 bits per heavy atom. The van der Waals surface area contributed by atoms with E-state index < -0.39 is 0 Å². The van der Waals surface area contributed by atoms with E-state index >= 15 is 0 Å². The van der Waals surface area contributed by atoms with Gasteiger partial charge in [-0.2, -0.15) is 5.10 Å². The van der Waals surface area contributed by atoms with Gasteiger partial charge in [-0.25, -0.2) is 0 Å². The molecule has 2 aromatic heterocycles. The second kappa shape index (κ2) is 5.53. The minimum atomic E-state index is 0.778. The van der Waals surface area contributed by atoms with Crippen molar-refractivity contribution in [2.24, 2.45) is 5.92 Å². The van der Waals surface area contributed by atoms with Crippen LogP contribution in [0.1, 0.15) is 18.5 Å². The monoisotopic (exact) mass is 256 g/mol. The number of aromatic amines is 1. The van der Waals surface area contributed by atoms with Crippen molar-refractivity contribution in [3.05, 3.63) is 36.2 Å². The van der Waals surface area contributed by atoms with Crippen LogP contribution in [-0.2, 0) is 6.42 Å². The molecule has 0 amide bonds. The molecule has 0 radical (unpaired) electrons. The second-order valence-corrected chi connectivity index (χ2v) is 5.44. The summed E-state index contributed by atoms with van der Waals surface area (Å²) in [4.78, 5) is 7.15. The number of nitrogens with zero attached hydrogens (tertiary/aromatic N) is 3. The average molecular weight is 256 g/mol. The van der Waals surface area contributed by atoms with E-state index in [1.807, 2.05) is 12.1 Å². The molecular formula is C15H20N4. The topological polar surface area (TPSA) is 44.8 Å². The standard InChI is InChI=1S/C15H20N4/c1-19-9-6-12(7-10-19)11-13-3-2-4-14(17-13)15-5-8-16-18-15/h2-5,8,12H,6-7,9-11H2,1H3,(H,16,18). The quantitative estimate of drug-likeness (QED) is 0.917. The Kier molecular flexibility index (Phi) is 3.60. The Morgan fingerprint density at radius 3 is 2.84 bits per heavy atom. The van der Waals surface area contributed by atoms with Crippen molar-refractivity contribution >= 4 is 0 Å². The molecule has 0 atom stereocenters. The van der Waals surface area contributed by atoms with Crippen LogP contribution in [-0.4, -0.2) is 40.2 Å². The molecule has 1 aliphatic heterocycles. The SMILES string of the molecule is CN1CCC(Cc2cccc(-c3ccn[nH]3)n2)CC1. The van der Waals surface area contributed by atoms with Crippen LogP contribution in [0.4, 0.5) is 0 Å². The number of aromatic nitrogens is 3. The number of rotatable bonds is 3. The Labute approximate surface area is 113 Å². The van der Waals surface area contributed by atoms with Crippen LogP contribution in [0, 0.1) is 5.92 Å². The van der Waals surface area contributed by atoms with Crippen molar-refractivity contribution in [1.29, 1.82) is 0 Å². The first-order valence-electron chi connectivity index (χ1n) is 6.95. The Hall–Kier alpha value is -1.68. The first kappa shape index (κ1) is 12.4. The molecule has 0 unspecified atom stereocenters. The van der Waals surface area contributed by atoms with Gasteiger partial charge in [0, 0.05) is 11.9 Å². The van der Waals surface area contributed by atoms with Gasteiger partial charge >= 0.3 is 0 Å². The maximum Gasteiger partial charge on any atom is 0.0883 e. The Bertz CT molecular complexity index is 513. The van der Waals surface area contributed by atoms with Crippen molar-refractivity contribution < 1.29 is 0 Å². The highest BCUT2D eigenvalue weighted by atomic mass is 15.1. The summed E-state index contributed by atoms with van der Waals surface area (Å²) in [5.74, 6) is 0.778. The first-order chi connectivity index (χ1) is 9.31. The van der Waals surface area contributed by atoms with Crippen LogP contribution in [0.15, 0.2) is 30.5 Å². The minimum Gasteiger partial charge on any atom is -0.306 e. The van der Waals surface area contributed by atoms with E-state index in [-0.39, 0.29) is 0 Å². The summed E-state index contributed by atoms with van der Waals surface area (Å²) < 4.78 is 0. The zero-order chi connectivity index (χ0) is 13.1. The molecule has 1 N–H and O–H groups in total. The lowest BCUT2D eigenvalue weighted by molar-refractivity contribution is 0.218. The fourth-order valence-electron chi connectivity index (χ4n) is 2.70. The summed E-state index contributed by atoms with van der Waals surface area (Å²) in [6, 6.07) is 8.22. The van der Waals surface area contributed by atoms with Crippen molar-refractivity contribution in [1.82, 2.24) is 20.1 Å². The molecule has 0 saturated carbocycles. The highest BCUT2D eigenvalue weighted by Crippen LogP contribution is 2.21. The molecule has 100 valence electrons. The summed E-state index contributed by atoms with van der Waals surface area (Å²) in [7, 11) is 2.20. The third kappa shape index (κ3) is 3.01. The molecule has 3 heterocycles. The fraction of sp³-hybridized carbons (Fsp3) is 0.467. The van der Waals surface area contributed by atoms with Gasteiger partial charge in [-0.1, -0.05) is 6.07 Å². The number of piperidine rings is 1. The van der Waals surface area contributed by atoms with Gasteiger partial charge in [0.25, 0.3) is 0 Å². The Balaban J connectivity index is 1.70. The third-order valence-corrected chi connectivity index (χ3v) is 3.92. The van der Waals surface area contributed by atoms with Gasteiger partial charge < -0.3 is 4.90 Å². The van der Waals surface area contributed by atoms with Gasteiger partial charge in [0.1, 0.15) is 0 Å². The average Bonchev–Trinajstić information content (AvgIpc) is 2.96. The van der Waals surface area contributed by atoms with Crippen molar-refractivity contribution in [3.63, 3.8) is 0 Å². The number of pyridine rings is 1. The summed E-state index contributed by atoms with van der Waals surface area (Å²) in [6.45, 7) is 2.43. The zero-order valence-corrected chi connectivity index (χ0v) is 11.3. The van der Waals surface area contributed by atoms with E-state index in [2.05, 4.69) is 34.3 Å². The molecule has 4 heteroatoms. The minimum absolute atomic E-state index is 0.778. The first-order valence-corrected chi connectivity index (χ1v) is 6.95. The number of nitrogens with one attached hydrogen (secondary N) is 1. The summed E-state index contributed by atoms with van der Waals surface area (Å²) in [6.07, 6.45) is 5.43. The van der Waals surface area contributed by atoms with E-state index in [1.165, 1.54) is 31.6 Å². The van der Waals surface area contributed by atoms with Crippen LogP contribution in [0.25, 0.3) is 11.4 Å². The van der Waals surface area contributed by atoms with Gasteiger partial charge in [0.2, 0.25) is 0 Å². The maximum absolute atomic E-state index is 4.74. The highest BCUT2D eigenvalue weighted by Gasteiger charge is 2.17. The third-order valence-electron chi connectivity index (χ3n) is 3.92. The van der Waals surface area contributed by atoms with Crippen molar-refractivity contribution in [2.75, 3.05) is 20.1 Å². The van der Waals surface area contributed by atoms with Crippen molar-refractivity contribution in [3.8, 4) is 11.4 Å². The normalized spacial score (nSPS) is 17.7. The van der Waals surface area contributed by atoms with E-state index in [0.29, 0.717) is 0 Å². The molecule has 0 aromatic carbocycles. The molecule has 3 rings (SSSR count). The molecule has 2 aromatic rings. The molecule has 0 aliphatic carbocycles. The predicted molar refractivity (Wildman–Crippen MR) is 75.7 cm³/mol. The number of likely N-dealkylation sites (tertiary alicyclic amines) is 1. The van der Waals surface area contributed by atoms with E-state index in [9.17, 15) is 0 Å². The molecule has 4 nitrogen and oxygen atoms in total. The van der Waals surface area contributed by atoms with Crippen molar-refractivity contribution in [2.45, 2.75) is 19.3 Å². The molecule has 1 aliphatic rings. The van der Waals surface area contributed by atoms with Crippen LogP contribution >= 0.6 is 0 Å². The largest absolute Gasteiger partial charge is 0.306 e. The fourth-order valence-corrected chi connectivity index (χ4v) is 2.70. The number of H-pyrrole nitrogens is 1. The van der Waals surface area contributed by atoms with Crippen LogP contribution < -0.4 is 0 Å². The molecule has 19 heavy (non-hydrogen) atoms. The van der Waals surface area contributed by atoms with Gasteiger partial charge in [-0.3, -0.25) is 10.1 Å². The maximum atomic E-state index is 4.74. The van der Waals surface area contributed by atoms with Gasteiger partial charge in [-0.05, 0) is 63.5 Å². The highest BCUT2D eigenvalue weighted by molar-refractivity contribution is 5.53. The summed E-state index contributed by atoms with van der Waals surface area (Å²) in [5, 5.41) is 6.95. The zero-order valence-electron chi connectivity index (χ0n) is 11.3. The predicted octanol–water partition coefficient (Wildman–Crippen LogP) is 2.36. The number of hydrogen-bond acceptors (Lipinski definition) is 3. The van der Waals surface area contributed by atoms with Crippen LogP contribution in [0.2, 0.25) is 0 Å². The van der Waals surface area contributed by atoms with E-state index in [4.69, 9.17) is 4.98 Å². The Morgan fingerprint density at radius 1 is 1.26 bits per heavy atom. The smallest absolute Gasteiger partial charge is 0.0883 e. The van der Waals surface area contributed by atoms with Crippen LogP contribution in [0.5, 0.6) is 0 Å². The molecule has 0 bridgehead atoms. The lowest BCUT2D eigenvalue weighted by atomic mass is 9.92. The molecule has 1 saturated heterocycles. The lowest BCUT2D eigenvalue weighted by Crippen LogP contribution is -2.31. The molecule has 0 spiro atoms. The van der Waals surface area contributed by atoms with Gasteiger partial charge in [-0.15, -0.1) is 0 Å². The van der Waals surface area contributed by atoms with Crippen LogP contribution in [0.3, 0.4) is 0 Å². The van der Waals surface area contributed by atoms with E-state index in [1.54, 1.807) is 6.20 Å². The number of hydrogen-bond donors (Lipinski definition) is 1. The van der Waals surface area contributed by atoms with Gasteiger partial charge in [0.05, 0.1) is 11.4 Å². The summed E-state index contributed by atoms with van der Waals surface area (Å²) >= 11 is 0.